The van der Waals surface area contributed by atoms with Crippen molar-refractivity contribution in [3.63, 3.8) is 0 Å². The summed E-state index contributed by atoms with van der Waals surface area (Å²) in [6.07, 6.45) is 1.52. The third-order valence-electron chi connectivity index (χ3n) is 4.00. The summed E-state index contributed by atoms with van der Waals surface area (Å²) >= 11 is 4.76. The maximum atomic E-state index is 12.8. The molecule has 0 radical (unpaired) electrons. The summed E-state index contributed by atoms with van der Waals surface area (Å²) in [6, 6.07) is 5.64. The van der Waals surface area contributed by atoms with E-state index in [4.69, 9.17) is 0 Å². The Labute approximate surface area is 157 Å². The number of carbonyl (C=O) groups excluding carboxylic acids is 1. The van der Waals surface area contributed by atoms with Crippen LogP contribution in [0, 0.1) is 13.8 Å². The number of fused-ring (bicyclic) bond motifs is 1. The highest BCUT2D eigenvalue weighted by atomic mass is 79.9. The van der Waals surface area contributed by atoms with Crippen LogP contribution < -0.4 is 10.9 Å². The van der Waals surface area contributed by atoms with Crippen LogP contribution in [0.15, 0.2) is 33.8 Å². The van der Waals surface area contributed by atoms with E-state index in [0.717, 1.165) is 14.9 Å². The molecule has 25 heavy (non-hydrogen) atoms. The summed E-state index contributed by atoms with van der Waals surface area (Å²) in [6.45, 7) is 7.66. The highest BCUT2D eigenvalue weighted by molar-refractivity contribution is 9.10. The van der Waals surface area contributed by atoms with Crippen LogP contribution in [-0.4, -0.2) is 15.5 Å². The first-order valence-electron chi connectivity index (χ1n) is 7.87. The van der Waals surface area contributed by atoms with Crippen LogP contribution in [0.1, 0.15) is 40.7 Å². The monoisotopic (exact) mass is 419 g/mol. The molecule has 1 aromatic carbocycles. The summed E-state index contributed by atoms with van der Waals surface area (Å²) < 4.78 is 3.09. The quantitative estimate of drug-likeness (QED) is 0.670. The molecule has 5 nitrogen and oxygen atoms in total. The fourth-order valence-electron chi connectivity index (χ4n) is 2.64. The van der Waals surface area contributed by atoms with Gasteiger partial charge in [0.25, 0.3) is 11.5 Å². The van der Waals surface area contributed by atoms with E-state index in [-0.39, 0.29) is 17.5 Å². The average molecular weight is 420 g/mol. The maximum absolute atomic E-state index is 12.8. The van der Waals surface area contributed by atoms with E-state index in [2.05, 4.69) is 26.2 Å². The number of hydrogen-bond acceptors (Lipinski definition) is 4. The molecule has 2 aromatic heterocycles. The lowest BCUT2D eigenvalue weighted by Crippen LogP contribution is -2.22. The van der Waals surface area contributed by atoms with Gasteiger partial charge in [-0.15, -0.1) is 11.3 Å². The Balaban J connectivity index is 2.04. The van der Waals surface area contributed by atoms with Gasteiger partial charge in [-0.1, -0.05) is 15.9 Å². The van der Waals surface area contributed by atoms with E-state index in [9.17, 15) is 9.59 Å². The molecule has 0 fully saturated rings. The van der Waals surface area contributed by atoms with Gasteiger partial charge in [-0.3, -0.25) is 14.2 Å². The van der Waals surface area contributed by atoms with Crippen LogP contribution in [0.3, 0.4) is 0 Å². The number of amides is 1. The molecular formula is C18H18BrN3O2S. The number of nitrogens with one attached hydrogen (secondary N) is 1. The number of aromatic nitrogens is 2. The molecular weight excluding hydrogens is 402 g/mol. The van der Waals surface area contributed by atoms with Crippen LogP contribution in [0.2, 0.25) is 0 Å². The van der Waals surface area contributed by atoms with E-state index in [1.165, 1.54) is 17.7 Å². The number of aryl methyl sites for hydroxylation is 2. The van der Waals surface area contributed by atoms with Gasteiger partial charge in [0.2, 0.25) is 0 Å². The highest BCUT2D eigenvalue weighted by Gasteiger charge is 2.21. The number of carbonyl (C=O) groups is 1. The second kappa shape index (κ2) is 6.72. The summed E-state index contributed by atoms with van der Waals surface area (Å²) in [5.74, 6) is -0.250. The van der Waals surface area contributed by atoms with Crippen LogP contribution in [0.4, 0.5) is 5.69 Å². The average Bonchev–Trinajstić information content (AvgIpc) is 2.88. The lowest BCUT2D eigenvalue weighted by atomic mass is 10.2. The van der Waals surface area contributed by atoms with Crippen molar-refractivity contribution in [2.45, 2.75) is 33.7 Å². The molecule has 0 aliphatic carbocycles. The fraction of sp³-hybridized carbons (Fsp3) is 0.278. The van der Waals surface area contributed by atoms with Gasteiger partial charge in [-0.25, -0.2) is 4.98 Å². The maximum Gasteiger partial charge on any atom is 0.271 e. The minimum Gasteiger partial charge on any atom is -0.322 e. The van der Waals surface area contributed by atoms with Gasteiger partial charge < -0.3 is 5.32 Å². The first-order valence-corrected chi connectivity index (χ1v) is 9.48. The predicted octanol–water partition coefficient (Wildman–Crippen LogP) is 4.67. The van der Waals surface area contributed by atoms with Crippen LogP contribution in [0.25, 0.3) is 10.2 Å². The summed E-state index contributed by atoms with van der Waals surface area (Å²) in [5, 5.41) is 2.90. The third-order valence-corrected chi connectivity index (χ3v) is 5.97. The lowest BCUT2D eigenvalue weighted by molar-refractivity contribution is 0.102. The Morgan fingerprint density at radius 3 is 2.68 bits per heavy atom. The zero-order valence-electron chi connectivity index (χ0n) is 14.4. The molecule has 0 spiro atoms. The van der Waals surface area contributed by atoms with E-state index < -0.39 is 0 Å². The molecule has 0 unspecified atom stereocenters. The number of nitrogens with zero attached hydrogens (tertiary/aromatic N) is 2. The molecule has 3 aromatic rings. The van der Waals surface area contributed by atoms with Crippen molar-refractivity contribution in [3.05, 3.63) is 55.4 Å². The van der Waals surface area contributed by atoms with E-state index in [1.807, 2.05) is 45.9 Å². The van der Waals surface area contributed by atoms with Crippen molar-refractivity contribution < 1.29 is 4.79 Å². The second-order valence-electron chi connectivity index (χ2n) is 6.18. The van der Waals surface area contributed by atoms with Crippen molar-refractivity contribution in [1.82, 2.24) is 9.55 Å². The molecule has 0 bridgehead atoms. The third kappa shape index (κ3) is 3.26. The molecule has 1 N–H and O–H groups in total. The van der Waals surface area contributed by atoms with Gasteiger partial charge in [0.05, 0.1) is 11.9 Å². The molecule has 0 saturated carbocycles. The van der Waals surface area contributed by atoms with Crippen molar-refractivity contribution in [2.24, 2.45) is 0 Å². The van der Waals surface area contributed by atoms with Crippen molar-refractivity contribution in [2.75, 3.05) is 5.32 Å². The number of anilines is 1. The van der Waals surface area contributed by atoms with Gasteiger partial charge in [0, 0.05) is 21.1 Å². The van der Waals surface area contributed by atoms with Crippen LogP contribution in [0.5, 0.6) is 0 Å². The number of halogens is 1. The van der Waals surface area contributed by atoms with Gasteiger partial charge >= 0.3 is 0 Å². The predicted molar refractivity (Wildman–Crippen MR) is 106 cm³/mol. The molecule has 130 valence electrons. The number of hydrogen-bond donors (Lipinski definition) is 1. The summed E-state index contributed by atoms with van der Waals surface area (Å²) in [5.41, 5.74) is 2.57. The minimum absolute atomic E-state index is 0.0230. The number of benzene rings is 1. The van der Waals surface area contributed by atoms with Gasteiger partial charge in [0.15, 0.2) is 0 Å². The van der Waals surface area contributed by atoms with Gasteiger partial charge in [-0.05, 0) is 51.5 Å². The van der Waals surface area contributed by atoms with E-state index in [1.54, 1.807) is 4.57 Å². The zero-order chi connectivity index (χ0) is 18.3. The molecule has 7 heteroatoms. The van der Waals surface area contributed by atoms with Crippen LogP contribution >= 0.6 is 27.3 Å². The largest absolute Gasteiger partial charge is 0.322 e. The molecule has 2 heterocycles. The number of thiophene rings is 1. The van der Waals surface area contributed by atoms with Gasteiger partial charge in [0.1, 0.15) is 10.2 Å². The first kappa shape index (κ1) is 17.8. The summed E-state index contributed by atoms with van der Waals surface area (Å²) in [7, 11) is 0. The second-order valence-corrected chi connectivity index (χ2v) is 8.26. The van der Waals surface area contributed by atoms with Gasteiger partial charge in [-0.2, -0.15) is 0 Å². The summed E-state index contributed by atoms with van der Waals surface area (Å²) in [4.78, 5) is 30.5. The van der Waals surface area contributed by atoms with Crippen LogP contribution in [-0.2, 0) is 0 Å². The highest BCUT2D eigenvalue weighted by Crippen LogP contribution is 2.28. The van der Waals surface area contributed by atoms with E-state index in [0.29, 0.717) is 21.5 Å². The van der Waals surface area contributed by atoms with Crippen molar-refractivity contribution in [1.29, 1.82) is 0 Å². The van der Waals surface area contributed by atoms with E-state index >= 15 is 0 Å². The molecule has 0 saturated heterocycles. The SMILES string of the molecule is Cc1cc(NC(=O)c2c(C)sc3c(=O)n(C(C)C)cnc23)ccc1Br. The molecule has 3 rings (SSSR count). The normalized spacial score (nSPS) is 11.3. The lowest BCUT2D eigenvalue weighted by Gasteiger charge is -2.09. The zero-order valence-corrected chi connectivity index (χ0v) is 16.8. The molecule has 0 aliphatic heterocycles. The standard InChI is InChI=1S/C18H18BrN3O2S/c1-9(2)22-8-20-15-14(11(4)25-16(15)18(22)24)17(23)21-12-5-6-13(19)10(3)7-12/h5-9H,1-4H3,(H,21,23). The topological polar surface area (TPSA) is 64.0 Å². The smallest absolute Gasteiger partial charge is 0.271 e. The van der Waals surface area contributed by atoms with Crippen molar-refractivity contribution in [3.8, 4) is 0 Å². The molecule has 1 amide bonds. The van der Waals surface area contributed by atoms with Crippen molar-refractivity contribution >= 4 is 49.1 Å². The Morgan fingerprint density at radius 1 is 1.32 bits per heavy atom. The Kier molecular flexibility index (Phi) is 4.79. The molecule has 0 aliphatic rings. The number of rotatable bonds is 3. The Hall–Kier alpha value is -1.99. The minimum atomic E-state index is -0.250. The fourth-order valence-corrected chi connectivity index (χ4v) is 3.93. The molecule has 0 atom stereocenters. The Morgan fingerprint density at radius 2 is 2.04 bits per heavy atom. The first-order chi connectivity index (χ1) is 11.8. The Bertz CT molecular complexity index is 1040.